The number of hydrogen-bond donors (Lipinski definition) is 12. The fraction of sp³-hybridized carbons (Fsp3) is 0.405. The molecule has 3 heterocycles. The summed E-state index contributed by atoms with van der Waals surface area (Å²) in [5, 5.41) is 24.8. The zero-order valence-electron chi connectivity index (χ0n) is 33.9. The lowest BCUT2D eigenvalue weighted by Gasteiger charge is -2.24. The highest BCUT2D eigenvalue weighted by atomic mass is 16.4. The average Bonchev–Trinajstić information content (AvgIpc) is 4.02. The fourth-order valence-corrected chi connectivity index (χ4v) is 7.06. The van der Waals surface area contributed by atoms with Gasteiger partial charge in [-0.3, -0.25) is 24.0 Å². The molecule has 0 fully saturated rings. The van der Waals surface area contributed by atoms with E-state index in [0.717, 1.165) is 21.8 Å². The number of nitrogens with zero attached hydrogens (tertiary/aromatic N) is 1. The lowest BCUT2D eigenvalue weighted by Crippen LogP contribution is -2.57. The van der Waals surface area contributed by atoms with Crippen molar-refractivity contribution in [1.29, 1.82) is 0 Å². The molecule has 2 aromatic carbocycles. The third-order valence-corrected chi connectivity index (χ3v) is 10.4. The second-order valence-corrected chi connectivity index (χ2v) is 14.9. The Bertz CT molecular complexity index is 2240. The Kier molecular flexibility index (Phi) is 16.9. The van der Waals surface area contributed by atoms with Crippen LogP contribution in [0.15, 0.2) is 73.4 Å². The number of para-hydroxylation sites is 2. The summed E-state index contributed by atoms with van der Waals surface area (Å²) in [6.45, 7) is 0.148. The van der Waals surface area contributed by atoms with Gasteiger partial charge < -0.3 is 63.8 Å². The molecule has 0 bridgehead atoms. The molecule has 0 aliphatic heterocycles. The number of imidazole rings is 1. The predicted octanol–water partition coefficient (Wildman–Crippen LogP) is 0.126. The van der Waals surface area contributed by atoms with Crippen LogP contribution in [0, 0.1) is 0 Å². The Labute approximate surface area is 352 Å². The first kappa shape index (κ1) is 45.5. The van der Waals surface area contributed by atoms with Crippen LogP contribution in [-0.2, 0) is 48.0 Å². The van der Waals surface area contributed by atoms with E-state index in [1.54, 1.807) is 18.6 Å². The monoisotopic (exact) mass is 840 g/mol. The molecule has 19 heteroatoms. The lowest BCUT2D eigenvalue weighted by atomic mass is 10.0. The molecule has 15 N–H and O–H groups in total. The molecular formula is C42H56N12O7. The van der Waals surface area contributed by atoms with Crippen molar-refractivity contribution in [2.45, 2.75) is 88.0 Å². The number of carboxylic acids is 1. The number of hydrogen-bond acceptors (Lipinski definition) is 10. The highest BCUT2D eigenvalue weighted by Crippen LogP contribution is 2.21. The maximum absolute atomic E-state index is 14.0. The van der Waals surface area contributed by atoms with Gasteiger partial charge in [-0.15, -0.1) is 0 Å². The minimum Gasteiger partial charge on any atom is -0.480 e. The summed E-state index contributed by atoms with van der Waals surface area (Å²) in [6, 6.07) is 9.11. The number of unbranched alkanes of at least 4 members (excludes halogenated alkanes) is 2. The number of fused-ring (bicyclic) bond motifs is 2. The van der Waals surface area contributed by atoms with Crippen LogP contribution in [0.2, 0.25) is 0 Å². The van der Waals surface area contributed by atoms with Crippen molar-refractivity contribution in [1.82, 2.24) is 46.5 Å². The molecule has 0 saturated heterocycles. The lowest BCUT2D eigenvalue weighted by molar-refractivity contribution is -0.142. The number of aliphatic carboxylic acids is 1. The van der Waals surface area contributed by atoms with Crippen LogP contribution in [0.25, 0.3) is 21.8 Å². The van der Waals surface area contributed by atoms with Crippen molar-refractivity contribution >= 4 is 57.3 Å². The van der Waals surface area contributed by atoms with Gasteiger partial charge in [0, 0.05) is 65.4 Å². The van der Waals surface area contributed by atoms with E-state index in [-0.39, 0.29) is 32.1 Å². The second kappa shape index (κ2) is 22.7. The first-order chi connectivity index (χ1) is 29.5. The first-order valence-electron chi connectivity index (χ1n) is 20.4. The zero-order valence-corrected chi connectivity index (χ0v) is 33.9. The van der Waals surface area contributed by atoms with Crippen LogP contribution in [-0.4, -0.2) is 110 Å². The molecule has 5 atom stereocenters. The maximum Gasteiger partial charge on any atom is 0.326 e. The Morgan fingerprint density at radius 2 is 1.15 bits per heavy atom. The number of rotatable bonds is 25. The van der Waals surface area contributed by atoms with E-state index in [1.807, 2.05) is 48.5 Å². The van der Waals surface area contributed by atoms with Gasteiger partial charge in [-0.1, -0.05) is 36.4 Å². The van der Waals surface area contributed by atoms with Crippen LogP contribution in [0.3, 0.4) is 0 Å². The highest BCUT2D eigenvalue weighted by molar-refractivity contribution is 5.96. The Morgan fingerprint density at radius 3 is 1.70 bits per heavy atom. The molecule has 5 aromatic rings. The number of carboxylic acid groups (broad SMARTS) is 1. The van der Waals surface area contributed by atoms with E-state index >= 15 is 0 Å². The number of nitrogens with one attached hydrogen (secondary N) is 8. The van der Waals surface area contributed by atoms with Crippen LogP contribution in [0.1, 0.15) is 55.3 Å². The average molecular weight is 841 g/mol. The van der Waals surface area contributed by atoms with Crippen molar-refractivity contribution in [3.05, 3.63) is 90.3 Å². The van der Waals surface area contributed by atoms with Gasteiger partial charge in [0.15, 0.2) is 0 Å². The molecule has 0 saturated carbocycles. The number of nitrogens with two attached hydrogens (primary N) is 3. The Hall–Kier alpha value is -6.57. The van der Waals surface area contributed by atoms with Crippen LogP contribution < -0.4 is 43.8 Å². The molecule has 5 rings (SSSR count). The third-order valence-electron chi connectivity index (χ3n) is 10.4. The van der Waals surface area contributed by atoms with E-state index in [4.69, 9.17) is 17.2 Å². The van der Waals surface area contributed by atoms with Crippen molar-refractivity contribution in [3.8, 4) is 0 Å². The van der Waals surface area contributed by atoms with Crippen LogP contribution in [0.4, 0.5) is 0 Å². The van der Waals surface area contributed by atoms with Gasteiger partial charge in [-0.25, -0.2) is 9.78 Å². The van der Waals surface area contributed by atoms with E-state index in [2.05, 4.69) is 46.5 Å². The molecule has 0 aliphatic carbocycles. The van der Waals surface area contributed by atoms with Gasteiger partial charge in [0.2, 0.25) is 29.5 Å². The largest absolute Gasteiger partial charge is 0.480 e. The second-order valence-electron chi connectivity index (χ2n) is 14.9. The summed E-state index contributed by atoms with van der Waals surface area (Å²) in [7, 11) is 0. The zero-order chi connectivity index (χ0) is 43.7. The summed E-state index contributed by atoms with van der Waals surface area (Å²) >= 11 is 0. The minimum atomic E-state index is -1.23. The molecule has 0 spiro atoms. The highest BCUT2D eigenvalue weighted by Gasteiger charge is 2.31. The third kappa shape index (κ3) is 13.2. The number of carbonyl (C=O) groups excluding carboxylic acids is 5. The number of aromatic nitrogens is 4. The molecule has 5 amide bonds. The number of benzene rings is 2. The number of aromatic amines is 3. The number of H-pyrrole nitrogens is 3. The quantitative estimate of drug-likeness (QED) is 0.0351. The molecule has 0 radical (unpaired) electrons. The van der Waals surface area contributed by atoms with Crippen molar-refractivity contribution < 1.29 is 33.9 Å². The van der Waals surface area contributed by atoms with Crippen molar-refractivity contribution in [2.75, 3.05) is 19.6 Å². The summed E-state index contributed by atoms with van der Waals surface area (Å²) in [5.41, 5.74) is 21.1. The van der Waals surface area contributed by atoms with Gasteiger partial charge in [-0.05, 0) is 74.9 Å². The van der Waals surface area contributed by atoms with Gasteiger partial charge >= 0.3 is 5.97 Å². The molecule has 326 valence electrons. The summed E-state index contributed by atoms with van der Waals surface area (Å²) in [6.07, 6.45) is 9.10. The molecular weight excluding hydrogens is 785 g/mol. The van der Waals surface area contributed by atoms with Crippen LogP contribution in [0.5, 0.6) is 0 Å². The molecule has 3 aromatic heterocycles. The van der Waals surface area contributed by atoms with Gasteiger partial charge in [0.25, 0.3) is 0 Å². The number of carbonyl (C=O) groups is 6. The number of amides is 5. The standard InChI is InChI=1S/C42H56N12O7/c43-15-7-5-13-33(52-38(56)30(45)19-27-22-46-24-50-27)40(58)54-35(17-25-20-47-31-11-3-1-9-28(25)31)39(57)49-23-37(55)51-36(18-26-21-48-32-12-4-2-10-29(26)32)41(59)53-34(42(60)61)14-6-8-16-44/h1-4,9-12,20-22,24,30,33-36,47-48H,5-8,13-19,23,43-45H2,(H,46,50)(H,49,57)(H,51,55)(H,52,56)(H,53,59)(H,54,58)(H,60,61)/t30-,33-,34-,35-,36-/m0/s1. The maximum atomic E-state index is 14.0. The molecule has 0 unspecified atom stereocenters. The van der Waals surface area contributed by atoms with Crippen molar-refractivity contribution in [3.63, 3.8) is 0 Å². The van der Waals surface area contributed by atoms with Crippen LogP contribution >= 0.6 is 0 Å². The van der Waals surface area contributed by atoms with E-state index < -0.39 is 72.3 Å². The summed E-state index contributed by atoms with van der Waals surface area (Å²) in [5.74, 6) is -4.61. The van der Waals surface area contributed by atoms with Crippen molar-refractivity contribution in [2.24, 2.45) is 17.2 Å². The molecule has 61 heavy (non-hydrogen) atoms. The minimum absolute atomic E-state index is 0.00668. The van der Waals surface area contributed by atoms with E-state index in [0.29, 0.717) is 55.6 Å². The Balaban J connectivity index is 1.32. The topological polar surface area (TPSA) is 321 Å². The SMILES string of the molecule is NCCCC[C@H](NC(=O)[C@H](Cc1c[nH]c2ccccc12)NC(=O)CNC(=O)[C@H](Cc1c[nH]c2ccccc12)NC(=O)[C@H](CCCCN)NC(=O)[C@@H](N)Cc1cnc[nH]1)C(=O)O. The van der Waals surface area contributed by atoms with Gasteiger partial charge in [0.05, 0.1) is 18.9 Å². The van der Waals surface area contributed by atoms with E-state index in [1.165, 1.54) is 6.33 Å². The normalized spacial score (nSPS) is 13.8. The van der Waals surface area contributed by atoms with Gasteiger partial charge in [-0.2, -0.15) is 0 Å². The summed E-state index contributed by atoms with van der Waals surface area (Å²) in [4.78, 5) is 93.6. The summed E-state index contributed by atoms with van der Waals surface area (Å²) < 4.78 is 0. The smallest absolute Gasteiger partial charge is 0.326 e. The molecule has 19 nitrogen and oxygen atoms in total. The van der Waals surface area contributed by atoms with Gasteiger partial charge in [0.1, 0.15) is 24.2 Å². The van der Waals surface area contributed by atoms with E-state index in [9.17, 15) is 33.9 Å². The predicted molar refractivity (Wildman–Crippen MR) is 228 cm³/mol. The Morgan fingerprint density at radius 1 is 0.623 bits per heavy atom. The first-order valence-corrected chi connectivity index (χ1v) is 20.4. The molecule has 0 aliphatic rings. The fourth-order valence-electron chi connectivity index (χ4n) is 7.06.